The molecule has 3 unspecified atom stereocenters. The van der Waals surface area contributed by atoms with Crippen LogP contribution in [0.5, 0.6) is 0 Å². The molecule has 8 heteroatoms. The SMILES string of the molecule is C[C@@]1(O)C(O)C(CO)OC1n1ccc(=O)[nH]c1=O. The maximum atomic E-state index is 11.6. The van der Waals surface area contributed by atoms with Gasteiger partial charge in [-0.25, -0.2) is 4.79 Å². The van der Waals surface area contributed by atoms with Crippen LogP contribution in [-0.4, -0.2) is 49.3 Å². The second-order valence-electron chi connectivity index (χ2n) is 4.40. The van der Waals surface area contributed by atoms with Gasteiger partial charge in [0.1, 0.15) is 17.8 Å². The van der Waals surface area contributed by atoms with Gasteiger partial charge in [-0.1, -0.05) is 0 Å². The number of rotatable bonds is 2. The smallest absolute Gasteiger partial charge is 0.330 e. The van der Waals surface area contributed by atoms with Crippen molar-refractivity contribution in [3.8, 4) is 0 Å². The van der Waals surface area contributed by atoms with Crippen LogP contribution in [0.15, 0.2) is 21.9 Å². The number of aliphatic hydroxyl groups is 3. The zero-order chi connectivity index (χ0) is 13.5. The van der Waals surface area contributed by atoms with Crippen LogP contribution in [0.4, 0.5) is 0 Å². The molecule has 8 nitrogen and oxygen atoms in total. The predicted octanol–water partition coefficient (Wildman–Crippen LogP) is -2.46. The number of H-pyrrole nitrogens is 1. The van der Waals surface area contributed by atoms with Crippen LogP contribution < -0.4 is 11.2 Å². The average molecular weight is 258 g/mol. The Bertz CT molecular complexity index is 548. The molecule has 0 bridgehead atoms. The molecule has 1 aliphatic heterocycles. The van der Waals surface area contributed by atoms with E-state index in [1.54, 1.807) is 0 Å². The summed E-state index contributed by atoms with van der Waals surface area (Å²) in [4.78, 5) is 24.5. The standard InChI is InChI=1S/C10H14N2O6/c1-10(17)7(15)5(4-13)18-8(10)12-3-2-6(14)11-9(12)16/h2-3,5,7-8,13,15,17H,4H2,1H3,(H,11,14,16)/t5?,7?,8?,10-/m1/s1. The molecule has 1 saturated heterocycles. The van der Waals surface area contributed by atoms with Crippen molar-refractivity contribution >= 4 is 0 Å². The molecule has 0 amide bonds. The summed E-state index contributed by atoms with van der Waals surface area (Å²) in [7, 11) is 0. The van der Waals surface area contributed by atoms with Gasteiger partial charge in [0.25, 0.3) is 5.56 Å². The molecule has 2 rings (SSSR count). The van der Waals surface area contributed by atoms with Crippen molar-refractivity contribution in [2.75, 3.05) is 6.61 Å². The topological polar surface area (TPSA) is 125 Å². The highest BCUT2D eigenvalue weighted by Crippen LogP contribution is 2.36. The van der Waals surface area contributed by atoms with Gasteiger partial charge in [-0.15, -0.1) is 0 Å². The molecule has 0 spiro atoms. The summed E-state index contributed by atoms with van der Waals surface area (Å²) in [6.45, 7) is 0.793. The van der Waals surface area contributed by atoms with Crippen LogP contribution in [0.25, 0.3) is 0 Å². The third-order valence-electron chi connectivity index (χ3n) is 3.04. The molecule has 0 aromatic carbocycles. The molecule has 2 heterocycles. The van der Waals surface area contributed by atoms with Gasteiger partial charge < -0.3 is 20.1 Å². The summed E-state index contributed by atoms with van der Waals surface area (Å²) in [5, 5.41) is 28.9. The quantitative estimate of drug-likeness (QED) is 0.466. The molecule has 100 valence electrons. The van der Waals surface area contributed by atoms with Gasteiger partial charge in [0.15, 0.2) is 6.23 Å². The lowest BCUT2D eigenvalue weighted by Gasteiger charge is -2.27. The second-order valence-corrected chi connectivity index (χ2v) is 4.40. The number of aromatic nitrogens is 2. The number of nitrogens with zero attached hydrogens (tertiary/aromatic N) is 1. The third-order valence-corrected chi connectivity index (χ3v) is 3.04. The van der Waals surface area contributed by atoms with Gasteiger partial charge in [-0.05, 0) is 6.92 Å². The van der Waals surface area contributed by atoms with Gasteiger partial charge in [0.2, 0.25) is 0 Å². The highest BCUT2D eigenvalue weighted by molar-refractivity contribution is 5.00. The summed E-state index contributed by atoms with van der Waals surface area (Å²) in [5.41, 5.74) is -3.10. The number of hydrogen-bond acceptors (Lipinski definition) is 6. The zero-order valence-corrected chi connectivity index (χ0v) is 9.61. The Balaban J connectivity index is 2.45. The molecule has 4 atom stereocenters. The van der Waals surface area contributed by atoms with Crippen molar-refractivity contribution in [2.24, 2.45) is 0 Å². The van der Waals surface area contributed by atoms with Gasteiger partial charge >= 0.3 is 5.69 Å². The second kappa shape index (κ2) is 4.32. The third kappa shape index (κ3) is 1.89. The number of aromatic amines is 1. The van der Waals surface area contributed by atoms with E-state index in [0.29, 0.717) is 0 Å². The van der Waals surface area contributed by atoms with E-state index >= 15 is 0 Å². The van der Waals surface area contributed by atoms with E-state index in [0.717, 1.165) is 16.8 Å². The molecular weight excluding hydrogens is 244 g/mol. The van der Waals surface area contributed by atoms with E-state index in [1.165, 1.54) is 6.92 Å². The molecule has 0 radical (unpaired) electrons. The molecule has 18 heavy (non-hydrogen) atoms. The maximum absolute atomic E-state index is 11.6. The highest BCUT2D eigenvalue weighted by Gasteiger charge is 2.53. The van der Waals surface area contributed by atoms with Gasteiger partial charge in [-0.3, -0.25) is 14.3 Å². The molecule has 1 fully saturated rings. The fourth-order valence-corrected chi connectivity index (χ4v) is 2.00. The average Bonchev–Trinajstić information content (AvgIpc) is 2.52. The van der Waals surface area contributed by atoms with Gasteiger partial charge in [0.05, 0.1) is 6.61 Å². The largest absolute Gasteiger partial charge is 0.394 e. The lowest BCUT2D eigenvalue weighted by Crippen LogP contribution is -2.46. The number of aliphatic hydroxyl groups excluding tert-OH is 2. The van der Waals surface area contributed by atoms with Crippen LogP contribution in [0.3, 0.4) is 0 Å². The van der Waals surface area contributed by atoms with E-state index in [-0.39, 0.29) is 0 Å². The first kappa shape index (κ1) is 13.0. The van der Waals surface area contributed by atoms with Crippen molar-refractivity contribution in [1.82, 2.24) is 9.55 Å². The Labute approximate surface area is 101 Å². The normalized spacial score (nSPS) is 35.9. The van der Waals surface area contributed by atoms with Crippen molar-refractivity contribution < 1.29 is 20.1 Å². The molecular formula is C10H14N2O6. The van der Waals surface area contributed by atoms with E-state index < -0.39 is 41.9 Å². The lowest BCUT2D eigenvalue weighted by atomic mass is 9.96. The summed E-state index contributed by atoms with van der Waals surface area (Å²) < 4.78 is 6.19. The fourth-order valence-electron chi connectivity index (χ4n) is 2.00. The minimum Gasteiger partial charge on any atom is -0.394 e. The Hall–Kier alpha value is -1.48. The van der Waals surface area contributed by atoms with Crippen LogP contribution >= 0.6 is 0 Å². The number of nitrogens with one attached hydrogen (secondary N) is 1. The van der Waals surface area contributed by atoms with Crippen LogP contribution in [0, 0.1) is 0 Å². The maximum Gasteiger partial charge on any atom is 0.330 e. The lowest BCUT2D eigenvalue weighted by molar-refractivity contribution is -0.0987. The van der Waals surface area contributed by atoms with E-state index in [2.05, 4.69) is 0 Å². The molecule has 4 N–H and O–H groups in total. The minimum atomic E-state index is -1.75. The molecule has 1 aromatic heterocycles. The van der Waals surface area contributed by atoms with Gasteiger partial charge in [-0.2, -0.15) is 0 Å². The summed E-state index contributed by atoms with van der Waals surface area (Å²) in [5.74, 6) is 0. The Kier molecular flexibility index (Phi) is 3.11. The number of hydrogen-bond donors (Lipinski definition) is 4. The Morgan fingerprint density at radius 2 is 2.22 bits per heavy atom. The van der Waals surface area contributed by atoms with Gasteiger partial charge in [0, 0.05) is 12.3 Å². The van der Waals surface area contributed by atoms with Crippen LogP contribution in [0.2, 0.25) is 0 Å². The fraction of sp³-hybridized carbons (Fsp3) is 0.600. The zero-order valence-electron chi connectivity index (χ0n) is 9.61. The minimum absolute atomic E-state index is 0.494. The van der Waals surface area contributed by atoms with Crippen LogP contribution in [0.1, 0.15) is 13.2 Å². The Morgan fingerprint density at radius 3 is 2.72 bits per heavy atom. The van der Waals surface area contributed by atoms with Crippen LogP contribution in [-0.2, 0) is 4.74 Å². The predicted molar refractivity (Wildman–Crippen MR) is 58.9 cm³/mol. The molecule has 0 aliphatic carbocycles. The Morgan fingerprint density at radius 1 is 1.56 bits per heavy atom. The molecule has 1 aliphatic rings. The summed E-state index contributed by atoms with van der Waals surface area (Å²) in [6.07, 6.45) is -2.36. The first-order valence-electron chi connectivity index (χ1n) is 5.36. The van der Waals surface area contributed by atoms with E-state index in [9.17, 15) is 19.8 Å². The van der Waals surface area contributed by atoms with Crippen molar-refractivity contribution in [3.63, 3.8) is 0 Å². The van der Waals surface area contributed by atoms with E-state index in [4.69, 9.17) is 9.84 Å². The van der Waals surface area contributed by atoms with E-state index in [1.807, 2.05) is 4.98 Å². The van der Waals surface area contributed by atoms with Crippen molar-refractivity contribution in [2.45, 2.75) is 31.0 Å². The summed E-state index contributed by atoms with van der Waals surface area (Å²) in [6, 6.07) is 1.10. The first-order chi connectivity index (χ1) is 8.37. The molecule has 0 saturated carbocycles. The first-order valence-corrected chi connectivity index (χ1v) is 5.36. The molecule has 1 aromatic rings. The van der Waals surface area contributed by atoms with Crippen molar-refractivity contribution in [3.05, 3.63) is 33.1 Å². The monoisotopic (exact) mass is 258 g/mol. The van der Waals surface area contributed by atoms with Crippen molar-refractivity contribution in [1.29, 1.82) is 0 Å². The highest BCUT2D eigenvalue weighted by atomic mass is 16.6. The number of ether oxygens (including phenoxy) is 1. The summed E-state index contributed by atoms with van der Waals surface area (Å²) >= 11 is 0.